The van der Waals surface area contributed by atoms with E-state index in [2.05, 4.69) is 23.8 Å². The van der Waals surface area contributed by atoms with Crippen molar-refractivity contribution < 1.29 is 4.79 Å². The maximum atomic E-state index is 12.1. The normalized spacial score (nSPS) is 20.7. The second-order valence-electron chi connectivity index (χ2n) is 5.48. The minimum absolute atomic E-state index is 0.222. The first-order chi connectivity index (χ1) is 9.06. The summed E-state index contributed by atoms with van der Waals surface area (Å²) in [6.45, 7) is 5.81. The van der Waals surface area contributed by atoms with Crippen LogP contribution in [0, 0.1) is 11.8 Å². The Balaban J connectivity index is 1.99. The van der Waals surface area contributed by atoms with E-state index in [-0.39, 0.29) is 5.91 Å². The Kier molecular flexibility index (Phi) is 4.75. The Hall–Kier alpha value is -1.16. The molecule has 5 heteroatoms. The molecule has 1 atom stereocenters. The lowest BCUT2D eigenvalue weighted by Crippen LogP contribution is -2.30. The van der Waals surface area contributed by atoms with Gasteiger partial charge in [0.2, 0.25) is 5.91 Å². The number of hydrogen-bond acceptors (Lipinski definition) is 3. The fourth-order valence-electron chi connectivity index (χ4n) is 2.51. The average molecular weight is 282 g/mol. The van der Waals surface area contributed by atoms with E-state index < -0.39 is 0 Å². The van der Waals surface area contributed by atoms with Gasteiger partial charge in [-0.2, -0.15) is 0 Å². The van der Waals surface area contributed by atoms with Crippen molar-refractivity contribution in [3.63, 3.8) is 0 Å². The predicted octanol–water partition coefficient (Wildman–Crippen LogP) is 2.91. The molecule has 1 aliphatic heterocycles. The molecular formula is C14H20ClN3O. The van der Waals surface area contributed by atoms with Gasteiger partial charge in [0.25, 0.3) is 0 Å². The highest BCUT2D eigenvalue weighted by molar-refractivity contribution is 6.29. The van der Waals surface area contributed by atoms with Crippen LogP contribution in [0.1, 0.15) is 38.8 Å². The minimum atomic E-state index is 0.222. The van der Waals surface area contributed by atoms with E-state index in [0.717, 1.165) is 25.1 Å². The molecule has 1 amide bonds. The van der Waals surface area contributed by atoms with Gasteiger partial charge in [-0.05, 0) is 24.7 Å². The molecule has 0 N–H and O–H groups in total. The zero-order valence-corrected chi connectivity index (χ0v) is 12.2. The zero-order valence-electron chi connectivity index (χ0n) is 11.5. The second-order valence-corrected chi connectivity index (χ2v) is 5.86. The number of aromatic nitrogens is 2. The summed E-state index contributed by atoms with van der Waals surface area (Å²) < 4.78 is 0. The Morgan fingerprint density at radius 2 is 2.16 bits per heavy atom. The largest absolute Gasteiger partial charge is 0.337 e. The van der Waals surface area contributed by atoms with Crippen molar-refractivity contribution in [2.45, 2.75) is 39.7 Å². The van der Waals surface area contributed by atoms with E-state index >= 15 is 0 Å². The molecule has 2 heterocycles. The molecule has 0 aliphatic carbocycles. The van der Waals surface area contributed by atoms with Crippen LogP contribution in [0.15, 0.2) is 12.4 Å². The third-order valence-electron chi connectivity index (χ3n) is 3.82. The van der Waals surface area contributed by atoms with Crippen LogP contribution >= 0.6 is 11.6 Å². The van der Waals surface area contributed by atoms with E-state index in [9.17, 15) is 4.79 Å². The van der Waals surface area contributed by atoms with E-state index in [1.807, 2.05) is 4.90 Å². The number of carbonyl (C=O) groups excluding carboxylic acids is 1. The minimum Gasteiger partial charge on any atom is -0.337 e. The second kappa shape index (κ2) is 6.33. The summed E-state index contributed by atoms with van der Waals surface area (Å²) in [6, 6.07) is 0. The molecular weight excluding hydrogens is 262 g/mol. The van der Waals surface area contributed by atoms with Crippen LogP contribution in [0.4, 0.5) is 0 Å². The van der Waals surface area contributed by atoms with Crippen molar-refractivity contribution in [3.8, 4) is 0 Å². The van der Waals surface area contributed by atoms with Gasteiger partial charge in [-0.25, -0.2) is 4.98 Å². The van der Waals surface area contributed by atoms with Gasteiger partial charge in [0, 0.05) is 13.0 Å². The highest BCUT2D eigenvalue weighted by Gasteiger charge is 2.24. The van der Waals surface area contributed by atoms with Gasteiger partial charge in [-0.15, -0.1) is 0 Å². The summed E-state index contributed by atoms with van der Waals surface area (Å²) in [6.07, 6.45) is 5.88. The zero-order chi connectivity index (χ0) is 13.8. The van der Waals surface area contributed by atoms with Crippen molar-refractivity contribution in [2.75, 3.05) is 6.54 Å². The third-order valence-corrected chi connectivity index (χ3v) is 4.02. The number of halogens is 1. The molecule has 1 fully saturated rings. The van der Waals surface area contributed by atoms with Crippen LogP contribution in [-0.4, -0.2) is 27.3 Å². The topological polar surface area (TPSA) is 46.1 Å². The van der Waals surface area contributed by atoms with Crippen LogP contribution in [-0.2, 0) is 11.3 Å². The molecule has 1 aromatic heterocycles. The number of nitrogens with zero attached hydrogens (tertiary/aromatic N) is 3. The molecule has 1 aliphatic rings. The SMILES string of the molecule is CC(C)C1CCC(=O)N(Cc2cnc(Cl)cn2)CC1. The van der Waals surface area contributed by atoms with Crippen LogP contribution in [0.3, 0.4) is 0 Å². The summed E-state index contributed by atoms with van der Waals surface area (Å²) in [7, 11) is 0. The van der Waals surface area contributed by atoms with Crippen molar-refractivity contribution in [2.24, 2.45) is 11.8 Å². The van der Waals surface area contributed by atoms with Gasteiger partial charge in [-0.3, -0.25) is 9.78 Å². The van der Waals surface area contributed by atoms with Crippen molar-refractivity contribution in [1.82, 2.24) is 14.9 Å². The molecule has 0 radical (unpaired) electrons. The quantitative estimate of drug-likeness (QED) is 0.856. The maximum Gasteiger partial charge on any atom is 0.222 e. The molecule has 0 saturated carbocycles. The Bertz CT molecular complexity index is 433. The molecule has 104 valence electrons. The molecule has 19 heavy (non-hydrogen) atoms. The smallest absolute Gasteiger partial charge is 0.222 e. The average Bonchev–Trinajstić information content (AvgIpc) is 2.55. The summed E-state index contributed by atoms with van der Waals surface area (Å²) in [4.78, 5) is 22.2. The van der Waals surface area contributed by atoms with Crippen LogP contribution in [0.25, 0.3) is 0 Å². The fourth-order valence-corrected chi connectivity index (χ4v) is 2.61. The standard InChI is InChI=1S/C14H20ClN3O/c1-10(2)11-3-4-14(19)18(6-5-11)9-12-7-17-13(15)8-16-12/h7-8,10-11H,3-6,9H2,1-2H3. The Labute approximate surface area is 119 Å². The van der Waals surface area contributed by atoms with Crippen LogP contribution < -0.4 is 0 Å². The van der Waals surface area contributed by atoms with Crippen molar-refractivity contribution in [3.05, 3.63) is 23.2 Å². The first-order valence-corrected chi connectivity index (χ1v) is 7.18. The lowest BCUT2D eigenvalue weighted by atomic mass is 9.89. The maximum absolute atomic E-state index is 12.1. The monoisotopic (exact) mass is 281 g/mol. The predicted molar refractivity (Wildman–Crippen MR) is 74.6 cm³/mol. The number of carbonyl (C=O) groups is 1. The number of rotatable bonds is 3. The van der Waals surface area contributed by atoms with Gasteiger partial charge in [0.05, 0.1) is 24.6 Å². The number of amides is 1. The molecule has 0 bridgehead atoms. The van der Waals surface area contributed by atoms with Gasteiger partial charge in [-0.1, -0.05) is 25.4 Å². The lowest BCUT2D eigenvalue weighted by Gasteiger charge is -2.21. The van der Waals surface area contributed by atoms with Crippen LogP contribution in [0.2, 0.25) is 5.15 Å². The van der Waals surface area contributed by atoms with Gasteiger partial charge < -0.3 is 4.90 Å². The number of hydrogen-bond donors (Lipinski definition) is 0. The molecule has 0 spiro atoms. The van der Waals surface area contributed by atoms with E-state index in [1.54, 1.807) is 6.20 Å². The Morgan fingerprint density at radius 3 is 2.79 bits per heavy atom. The van der Waals surface area contributed by atoms with E-state index in [0.29, 0.717) is 30.0 Å². The van der Waals surface area contributed by atoms with Crippen molar-refractivity contribution >= 4 is 17.5 Å². The van der Waals surface area contributed by atoms with E-state index in [1.165, 1.54) is 6.20 Å². The van der Waals surface area contributed by atoms with Gasteiger partial charge in [0.15, 0.2) is 0 Å². The summed E-state index contributed by atoms with van der Waals surface area (Å²) in [5.74, 6) is 1.51. The van der Waals surface area contributed by atoms with E-state index in [4.69, 9.17) is 11.6 Å². The summed E-state index contributed by atoms with van der Waals surface area (Å²) in [5, 5.41) is 0.380. The Morgan fingerprint density at radius 1 is 1.37 bits per heavy atom. The fraction of sp³-hybridized carbons (Fsp3) is 0.643. The number of likely N-dealkylation sites (tertiary alicyclic amines) is 1. The first kappa shape index (κ1) is 14.3. The first-order valence-electron chi connectivity index (χ1n) is 6.80. The highest BCUT2D eigenvalue weighted by Crippen LogP contribution is 2.25. The summed E-state index contributed by atoms with van der Waals surface area (Å²) in [5.41, 5.74) is 0.792. The van der Waals surface area contributed by atoms with Gasteiger partial charge >= 0.3 is 0 Å². The third kappa shape index (κ3) is 3.90. The molecule has 0 aromatic carbocycles. The highest BCUT2D eigenvalue weighted by atomic mass is 35.5. The van der Waals surface area contributed by atoms with Crippen LogP contribution in [0.5, 0.6) is 0 Å². The van der Waals surface area contributed by atoms with Crippen molar-refractivity contribution in [1.29, 1.82) is 0 Å². The molecule has 1 saturated heterocycles. The summed E-state index contributed by atoms with van der Waals surface area (Å²) >= 11 is 5.71. The molecule has 1 aromatic rings. The molecule has 2 rings (SSSR count). The van der Waals surface area contributed by atoms with Gasteiger partial charge in [0.1, 0.15) is 5.15 Å². The molecule has 4 nitrogen and oxygen atoms in total. The lowest BCUT2D eigenvalue weighted by molar-refractivity contribution is -0.131. The molecule has 1 unspecified atom stereocenters.